The predicted molar refractivity (Wildman–Crippen MR) is 156 cm³/mol. The zero-order valence-corrected chi connectivity index (χ0v) is 24.5. The van der Waals surface area contributed by atoms with Crippen molar-refractivity contribution in [2.75, 3.05) is 38.3 Å². The van der Waals surface area contributed by atoms with Gasteiger partial charge in [0, 0.05) is 30.4 Å². The van der Waals surface area contributed by atoms with Gasteiger partial charge < -0.3 is 24.2 Å². The fourth-order valence-corrected chi connectivity index (χ4v) is 5.86. The van der Waals surface area contributed by atoms with Gasteiger partial charge in [-0.1, -0.05) is 17.4 Å². The smallest absolute Gasteiger partial charge is 0.338 e. The number of nitrogens with zero attached hydrogens (tertiary/aromatic N) is 3. The lowest BCUT2D eigenvalue weighted by Crippen LogP contribution is -2.40. The average Bonchev–Trinajstić information content (AvgIpc) is 3.24. The summed E-state index contributed by atoms with van der Waals surface area (Å²) in [5.74, 6) is 0.578. The van der Waals surface area contributed by atoms with Gasteiger partial charge in [0.2, 0.25) is 0 Å². The Morgan fingerprint density at radius 2 is 1.85 bits per heavy atom. The highest BCUT2D eigenvalue weighted by Gasteiger charge is 2.34. The van der Waals surface area contributed by atoms with E-state index < -0.39 is 12.0 Å². The molecule has 1 N–H and O–H groups in total. The number of carbonyl (C=O) groups excluding carboxylic acids is 1. The highest BCUT2D eigenvalue weighted by Crippen LogP contribution is 2.36. The lowest BCUT2D eigenvalue weighted by Gasteiger charge is -2.25. The van der Waals surface area contributed by atoms with E-state index in [4.69, 9.17) is 14.2 Å². The van der Waals surface area contributed by atoms with Crippen molar-refractivity contribution in [2.45, 2.75) is 40.7 Å². The van der Waals surface area contributed by atoms with E-state index in [-0.39, 0.29) is 23.5 Å². The van der Waals surface area contributed by atoms with Crippen LogP contribution in [0.5, 0.6) is 17.2 Å². The number of aromatic hydroxyl groups is 1. The first-order valence-corrected chi connectivity index (χ1v) is 14.2. The van der Waals surface area contributed by atoms with E-state index in [9.17, 15) is 14.7 Å². The van der Waals surface area contributed by atoms with Crippen LogP contribution in [0, 0.1) is 0 Å². The molecule has 212 valence electrons. The summed E-state index contributed by atoms with van der Waals surface area (Å²) in [5.41, 5.74) is 2.49. The van der Waals surface area contributed by atoms with Crippen molar-refractivity contribution in [2.24, 2.45) is 4.99 Å². The van der Waals surface area contributed by atoms with Crippen LogP contribution < -0.4 is 29.3 Å². The van der Waals surface area contributed by atoms with E-state index in [1.165, 1.54) is 15.9 Å². The van der Waals surface area contributed by atoms with Gasteiger partial charge in [-0.2, -0.15) is 0 Å². The Hall–Kier alpha value is -4.05. The second-order valence-electron chi connectivity index (χ2n) is 9.06. The Morgan fingerprint density at radius 1 is 1.10 bits per heavy atom. The van der Waals surface area contributed by atoms with Gasteiger partial charge in [-0.25, -0.2) is 9.79 Å². The molecule has 0 bridgehead atoms. The maximum absolute atomic E-state index is 13.9. The quantitative estimate of drug-likeness (QED) is 0.374. The van der Waals surface area contributed by atoms with Crippen molar-refractivity contribution in [1.29, 1.82) is 0 Å². The van der Waals surface area contributed by atoms with Crippen LogP contribution in [-0.2, 0) is 9.53 Å². The summed E-state index contributed by atoms with van der Waals surface area (Å²) in [6.45, 7) is 11.7. The molecule has 1 atom stereocenters. The molecule has 4 rings (SSSR count). The third kappa shape index (κ3) is 5.49. The molecule has 0 unspecified atom stereocenters. The molecule has 10 heteroatoms. The van der Waals surface area contributed by atoms with Crippen molar-refractivity contribution >= 4 is 29.1 Å². The van der Waals surface area contributed by atoms with Crippen molar-refractivity contribution in [3.8, 4) is 17.2 Å². The standard InChI is InChI=1S/C30H35N3O6S/c1-7-32(8-2)21-13-11-19(22(34)17-21)16-25-28(35)33-27(20-12-14-23(37-6)24(15-20)38-9-3)26(29(36)39-10-4)18(5)31-30(33)40-25/h11-17,27,34H,7-10H2,1-6H3/b25-16-/t27-/m0/s1. The van der Waals surface area contributed by atoms with E-state index >= 15 is 0 Å². The van der Waals surface area contributed by atoms with E-state index in [0.717, 1.165) is 18.8 Å². The number of benzene rings is 2. The lowest BCUT2D eigenvalue weighted by molar-refractivity contribution is -0.139. The van der Waals surface area contributed by atoms with Gasteiger partial charge in [-0.3, -0.25) is 9.36 Å². The summed E-state index contributed by atoms with van der Waals surface area (Å²) in [4.78, 5) is 34.3. The Labute approximate surface area is 237 Å². The van der Waals surface area contributed by atoms with Crippen LogP contribution in [0.15, 0.2) is 57.5 Å². The van der Waals surface area contributed by atoms with Gasteiger partial charge in [0.05, 0.1) is 42.2 Å². The fourth-order valence-electron chi connectivity index (χ4n) is 4.82. The zero-order valence-electron chi connectivity index (χ0n) is 23.7. The van der Waals surface area contributed by atoms with Gasteiger partial charge in [0.15, 0.2) is 16.3 Å². The first-order valence-electron chi connectivity index (χ1n) is 13.4. The largest absolute Gasteiger partial charge is 0.507 e. The van der Waals surface area contributed by atoms with Crippen molar-refractivity contribution < 1.29 is 24.1 Å². The van der Waals surface area contributed by atoms with E-state index in [1.807, 2.05) is 13.0 Å². The molecule has 0 saturated carbocycles. The van der Waals surface area contributed by atoms with Gasteiger partial charge in [0.25, 0.3) is 5.56 Å². The first kappa shape index (κ1) is 28.9. The van der Waals surface area contributed by atoms with Gasteiger partial charge in [0.1, 0.15) is 5.75 Å². The Kier molecular flexibility index (Phi) is 8.99. The third-order valence-electron chi connectivity index (χ3n) is 6.75. The molecule has 0 spiro atoms. The molecule has 0 saturated heterocycles. The molecule has 2 heterocycles. The summed E-state index contributed by atoms with van der Waals surface area (Å²) in [7, 11) is 1.55. The topological polar surface area (TPSA) is 103 Å². The van der Waals surface area contributed by atoms with Crippen LogP contribution in [0.2, 0.25) is 0 Å². The number of hydrogen-bond donors (Lipinski definition) is 1. The number of ether oxygens (including phenoxy) is 3. The number of aromatic nitrogens is 1. The van der Waals surface area contributed by atoms with Crippen LogP contribution >= 0.6 is 11.3 Å². The summed E-state index contributed by atoms with van der Waals surface area (Å²) >= 11 is 1.20. The van der Waals surface area contributed by atoms with Gasteiger partial charge in [-0.05, 0) is 70.5 Å². The number of phenolic OH excluding ortho intramolecular Hbond substituents is 1. The molecular weight excluding hydrogens is 530 g/mol. The highest BCUT2D eigenvalue weighted by atomic mass is 32.1. The molecule has 0 amide bonds. The minimum absolute atomic E-state index is 0.0756. The predicted octanol–water partition coefficient (Wildman–Crippen LogP) is 3.76. The summed E-state index contributed by atoms with van der Waals surface area (Å²) in [6, 6.07) is 9.97. The van der Waals surface area contributed by atoms with Crippen LogP contribution in [0.4, 0.5) is 5.69 Å². The number of methoxy groups -OCH3 is 1. The first-order chi connectivity index (χ1) is 19.3. The monoisotopic (exact) mass is 565 g/mol. The fraction of sp³-hybridized carbons (Fsp3) is 0.367. The minimum Gasteiger partial charge on any atom is -0.507 e. The van der Waals surface area contributed by atoms with Crippen LogP contribution in [0.3, 0.4) is 0 Å². The molecule has 3 aromatic rings. The molecule has 0 fully saturated rings. The van der Waals surface area contributed by atoms with E-state index in [2.05, 4.69) is 23.7 Å². The second kappa shape index (κ2) is 12.4. The maximum atomic E-state index is 13.9. The molecule has 1 aliphatic heterocycles. The SMILES string of the molecule is CCOC(=O)C1=C(C)N=c2s/c(=C\c3ccc(N(CC)CC)cc3O)c(=O)n2[C@H]1c1ccc(OC)c(OCC)c1. The molecule has 40 heavy (non-hydrogen) atoms. The highest BCUT2D eigenvalue weighted by molar-refractivity contribution is 7.07. The lowest BCUT2D eigenvalue weighted by atomic mass is 9.95. The molecular formula is C30H35N3O6S. The number of phenols is 1. The Morgan fingerprint density at radius 3 is 2.48 bits per heavy atom. The number of allylic oxidation sites excluding steroid dienone is 1. The normalized spacial score (nSPS) is 14.9. The number of thiazole rings is 1. The maximum Gasteiger partial charge on any atom is 0.338 e. The van der Waals surface area contributed by atoms with Crippen LogP contribution in [0.1, 0.15) is 51.8 Å². The molecule has 9 nitrogen and oxygen atoms in total. The Bertz CT molecular complexity index is 1620. The zero-order chi connectivity index (χ0) is 29.0. The van der Waals surface area contributed by atoms with Gasteiger partial charge in [-0.15, -0.1) is 0 Å². The second-order valence-corrected chi connectivity index (χ2v) is 10.1. The summed E-state index contributed by atoms with van der Waals surface area (Å²) in [6.07, 6.45) is 1.66. The van der Waals surface area contributed by atoms with Crippen LogP contribution in [-0.4, -0.2) is 49.1 Å². The number of anilines is 1. The molecule has 0 aliphatic carbocycles. The van der Waals surface area contributed by atoms with E-state index in [0.29, 0.717) is 44.3 Å². The number of rotatable bonds is 10. The van der Waals surface area contributed by atoms with Gasteiger partial charge >= 0.3 is 5.97 Å². The van der Waals surface area contributed by atoms with E-state index in [1.54, 1.807) is 57.4 Å². The molecule has 2 aromatic carbocycles. The number of esters is 1. The van der Waals surface area contributed by atoms with Crippen molar-refractivity contribution in [3.63, 3.8) is 0 Å². The number of hydrogen-bond acceptors (Lipinski definition) is 9. The minimum atomic E-state index is -0.791. The Balaban J connectivity index is 1.91. The molecule has 1 aliphatic rings. The average molecular weight is 566 g/mol. The number of fused-ring (bicyclic) bond motifs is 1. The number of carbonyl (C=O) groups is 1. The molecule has 0 radical (unpaired) electrons. The summed E-state index contributed by atoms with van der Waals surface area (Å²) in [5, 5.41) is 10.8. The van der Waals surface area contributed by atoms with Crippen LogP contribution in [0.25, 0.3) is 6.08 Å². The third-order valence-corrected chi connectivity index (χ3v) is 7.73. The summed E-state index contributed by atoms with van der Waals surface area (Å²) < 4.78 is 18.5. The van der Waals surface area contributed by atoms with Crippen molar-refractivity contribution in [1.82, 2.24) is 4.57 Å². The van der Waals surface area contributed by atoms with Crippen molar-refractivity contribution in [3.05, 3.63) is 78.5 Å². The molecule has 1 aromatic heterocycles.